The van der Waals surface area contributed by atoms with E-state index in [1.807, 2.05) is 64.1 Å². The van der Waals surface area contributed by atoms with Gasteiger partial charge in [0.25, 0.3) is 0 Å². The Balaban J connectivity index is 2.12. The average molecular weight is 467 g/mol. The fourth-order valence-electron chi connectivity index (χ4n) is 4.12. The Morgan fingerprint density at radius 1 is 0.406 bits per heavy atom. The van der Waals surface area contributed by atoms with Crippen LogP contribution in [0.3, 0.4) is 0 Å². The molecule has 3 aromatic carbocycles. The Kier molecular flexibility index (Phi) is 8.98. The summed E-state index contributed by atoms with van der Waals surface area (Å²) in [7, 11) is -5.62. The number of hydrogen-bond donors (Lipinski definition) is 0. The molecule has 3 rings (SSSR count). The van der Waals surface area contributed by atoms with Crippen LogP contribution in [0.4, 0.5) is 0 Å². The smallest absolute Gasteiger partial charge is 0.388 e. The first kappa shape index (κ1) is 24.6. The third-order valence-corrected chi connectivity index (χ3v) is 12.5. The summed E-state index contributed by atoms with van der Waals surface area (Å²) < 4.78 is 25.7. The van der Waals surface area contributed by atoms with Crippen molar-refractivity contribution in [1.82, 2.24) is 0 Å². The van der Waals surface area contributed by atoms with Crippen LogP contribution < -0.4 is 20.7 Å². The Hall–Kier alpha value is -2.07. The lowest BCUT2D eigenvalue weighted by atomic mass is 10.3. The van der Waals surface area contributed by atoms with Gasteiger partial charge in [0.2, 0.25) is 0 Å². The minimum Gasteiger partial charge on any atom is -0.388 e. The molecule has 0 saturated carbocycles. The van der Waals surface area contributed by atoms with Crippen molar-refractivity contribution in [3.8, 4) is 0 Å². The lowest BCUT2D eigenvalue weighted by molar-refractivity contribution is 0.207. The first-order valence-corrected chi connectivity index (χ1v) is 15.1. The van der Waals surface area contributed by atoms with Crippen LogP contribution in [0.1, 0.15) is 27.7 Å². The van der Waals surface area contributed by atoms with Crippen molar-refractivity contribution in [3.63, 3.8) is 0 Å². The second kappa shape index (κ2) is 11.7. The van der Waals surface area contributed by atoms with E-state index in [-0.39, 0.29) is 0 Å². The van der Waals surface area contributed by atoms with Gasteiger partial charge < -0.3 is 17.7 Å². The summed E-state index contributed by atoms with van der Waals surface area (Å²) in [4.78, 5) is 0. The molecule has 0 saturated heterocycles. The Labute approximate surface area is 194 Å². The van der Waals surface area contributed by atoms with Gasteiger partial charge in [-0.25, -0.2) is 0 Å². The van der Waals surface area contributed by atoms with Crippen molar-refractivity contribution < 1.29 is 17.7 Å². The van der Waals surface area contributed by atoms with Crippen molar-refractivity contribution >= 4 is 37.9 Å². The Morgan fingerprint density at radius 2 is 0.656 bits per heavy atom. The molecule has 170 valence electrons. The van der Waals surface area contributed by atoms with Gasteiger partial charge in [0.15, 0.2) is 0 Å². The molecule has 6 heteroatoms. The Morgan fingerprint density at radius 3 is 0.906 bits per heavy atom. The molecule has 0 aliphatic carbocycles. The van der Waals surface area contributed by atoms with E-state index in [1.54, 1.807) is 0 Å². The second-order valence-electron chi connectivity index (χ2n) is 7.27. The minimum atomic E-state index is -2.81. The van der Waals surface area contributed by atoms with E-state index < -0.39 is 17.1 Å². The summed E-state index contributed by atoms with van der Waals surface area (Å²) >= 11 is 0. The van der Waals surface area contributed by atoms with E-state index in [9.17, 15) is 0 Å². The largest absolute Gasteiger partial charge is 0.407 e. The van der Waals surface area contributed by atoms with Crippen molar-refractivity contribution in [3.05, 3.63) is 84.9 Å². The van der Waals surface area contributed by atoms with Crippen LogP contribution in [0.5, 0.6) is 0 Å². The normalized spacial score (nSPS) is 12.1. The molecule has 0 aliphatic rings. The van der Waals surface area contributed by atoms with Gasteiger partial charge in [-0.3, -0.25) is 0 Å². The molecular weight excluding hydrogens is 432 g/mol. The Bertz CT molecular complexity index is 843. The standard InChI is InChI=1S/C26H34O4Si2/c1-5-27-31(28-6-2,23-15-11-9-12-16-23)25-19-21-26(22-20-25)32(29-7-3,30-8-4)24-17-13-10-14-18-24/h9-22H,5-8H2,1-4H3. The molecule has 0 N–H and O–H groups in total. The van der Waals surface area contributed by atoms with Gasteiger partial charge in [0, 0.05) is 26.4 Å². The van der Waals surface area contributed by atoms with Crippen molar-refractivity contribution in [2.24, 2.45) is 0 Å². The second-order valence-corrected chi connectivity index (χ2v) is 13.2. The molecule has 0 radical (unpaired) electrons. The first-order chi connectivity index (χ1) is 15.7. The molecular formula is C26H34O4Si2. The van der Waals surface area contributed by atoms with Crippen LogP contribution in [0.15, 0.2) is 84.9 Å². The van der Waals surface area contributed by atoms with E-state index in [2.05, 4.69) is 48.5 Å². The highest BCUT2D eigenvalue weighted by Gasteiger charge is 2.45. The van der Waals surface area contributed by atoms with Crippen LogP contribution in [0.25, 0.3) is 0 Å². The lowest BCUT2D eigenvalue weighted by Gasteiger charge is -2.33. The van der Waals surface area contributed by atoms with Crippen molar-refractivity contribution in [1.29, 1.82) is 0 Å². The third-order valence-electron chi connectivity index (χ3n) is 5.34. The van der Waals surface area contributed by atoms with Gasteiger partial charge in [-0.1, -0.05) is 84.9 Å². The van der Waals surface area contributed by atoms with Gasteiger partial charge in [0.1, 0.15) is 0 Å². The summed E-state index contributed by atoms with van der Waals surface area (Å²) in [6.45, 7) is 10.4. The SMILES string of the molecule is CCO[Si](OCC)(c1ccccc1)c1ccc([Si](OCC)(OCC)c2ccccc2)cc1. The third kappa shape index (κ3) is 4.96. The van der Waals surface area contributed by atoms with Crippen LogP contribution in [0.2, 0.25) is 0 Å². The molecule has 0 aromatic heterocycles. The maximum atomic E-state index is 6.41. The van der Waals surface area contributed by atoms with Gasteiger partial charge >= 0.3 is 17.1 Å². The van der Waals surface area contributed by atoms with Crippen LogP contribution >= 0.6 is 0 Å². The van der Waals surface area contributed by atoms with Gasteiger partial charge in [-0.05, 0) is 48.4 Å². The highest BCUT2D eigenvalue weighted by Crippen LogP contribution is 2.13. The van der Waals surface area contributed by atoms with E-state index in [1.165, 1.54) is 0 Å². The fraction of sp³-hybridized carbons (Fsp3) is 0.308. The monoisotopic (exact) mass is 466 g/mol. The highest BCUT2D eigenvalue weighted by molar-refractivity contribution is 6.94. The first-order valence-electron chi connectivity index (χ1n) is 11.4. The van der Waals surface area contributed by atoms with Crippen LogP contribution in [-0.4, -0.2) is 43.5 Å². The van der Waals surface area contributed by atoms with Gasteiger partial charge in [0.05, 0.1) is 0 Å². The van der Waals surface area contributed by atoms with E-state index in [0.29, 0.717) is 26.4 Å². The van der Waals surface area contributed by atoms with Gasteiger partial charge in [-0.15, -0.1) is 0 Å². The molecule has 0 aliphatic heterocycles. The fourth-order valence-corrected chi connectivity index (χ4v) is 10.4. The average Bonchev–Trinajstić information content (AvgIpc) is 2.85. The van der Waals surface area contributed by atoms with Crippen molar-refractivity contribution in [2.75, 3.05) is 26.4 Å². The predicted octanol–water partition coefficient (Wildman–Crippen LogP) is 2.95. The molecule has 0 spiro atoms. The highest BCUT2D eigenvalue weighted by atomic mass is 28.4. The maximum Gasteiger partial charge on any atom is 0.407 e. The number of benzene rings is 3. The summed E-state index contributed by atoms with van der Waals surface area (Å²) in [5.74, 6) is 0. The van der Waals surface area contributed by atoms with E-state index >= 15 is 0 Å². The summed E-state index contributed by atoms with van der Waals surface area (Å²) in [6.07, 6.45) is 0. The summed E-state index contributed by atoms with van der Waals surface area (Å²) in [6, 6.07) is 29.2. The molecule has 4 nitrogen and oxygen atoms in total. The zero-order chi connectivity index (χ0) is 22.9. The quantitative estimate of drug-likeness (QED) is 0.385. The number of hydrogen-bond acceptors (Lipinski definition) is 4. The number of rotatable bonds is 12. The van der Waals surface area contributed by atoms with E-state index in [4.69, 9.17) is 17.7 Å². The van der Waals surface area contributed by atoms with Crippen LogP contribution in [-0.2, 0) is 17.7 Å². The van der Waals surface area contributed by atoms with E-state index in [0.717, 1.165) is 20.7 Å². The summed E-state index contributed by atoms with van der Waals surface area (Å²) in [5.41, 5.74) is 0. The lowest BCUT2D eigenvalue weighted by Crippen LogP contribution is -2.65. The molecule has 32 heavy (non-hydrogen) atoms. The molecule has 0 atom stereocenters. The maximum absolute atomic E-state index is 6.41. The molecule has 0 amide bonds. The summed E-state index contributed by atoms with van der Waals surface area (Å²) in [5, 5.41) is 4.38. The molecule has 0 heterocycles. The zero-order valence-corrected chi connectivity index (χ0v) is 21.5. The molecule has 3 aromatic rings. The minimum absolute atomic E-state index is 0.587. The van der Waals surface area contributed by atoms with Crippen molar-refractivity contribution in [2.45, 2.75) is 27.7 Å². The zero-order valence-electron chi connectivity index (χ0n) is 19.5. The van der Waals surface area contributed by atoms with Gasteiger partial charge in [-0.2, -0.15) is 0 Å². The van der Waals surface area contributed by atoms with Crippen LogP contribution in [0, 0.1) is 0 Å². The molecule has 0 fully saturated rings. The topological polar surface area (TPSA) is 36.9 Å². The molecule has 0 bridgehead atoms. The predicted molar refractivity (Wildman–Crippen MR) is 136 cm³/mol. The molecule has 0 unspecified atom stereocenters.